The van der Waals surface area contributed by atoms with E-state index < -0.39 is 5.97 Å². The molecule has 1 heterocycles. The van der Waals surface area contributed by atoms with Crippen molar-refractivity contribution in [1.29, 1.82) is 0 Å². The second-order valence-corrected chi connectivity index (χ2v) is 3.36. The lowest BCUT2D eigenvalue weighted by Gasteiger charge is -2.31. The molecule has 1 unspecified atom stereocenters. The molecule has 0 amide bonds. The Labute approximate surface area is 85.5 Å². The van der Waals surface area contributed by atoms with Crippen molar-refractivity contribution in [3.05, 3.63) is 0 Å². The minimum atomic E-state index is -0.667. The molecule has 0 aromatic heterocycles. The lowest BCUT2D eigenvalue weighted by Crippen LogP contribution is -2.43. The Morgan fingerprint density at radius 3 is 2.31 bits per heavy atom. The average Bonchev–Trinajstić information content (AvgIpc) is 2.07. The number of carboxylic acid groups (broad SMARTS) is 1. The van der Waals surface area contributed by atoms with Crippen LogP contribution in [-0.2, 0) is 4.79 Å². The summed E-state index contributed by atoms with van der Waals surface area (Å²) < 4.78 is 0. The van der Waals surface area contributed by atoms with E-state index in [4.69, 9.17) is 5.11 Å². The Morgan fingerprint density at radius 2 is 1.92 bits per heavy atom. The summed E-state index contributed by atoms with van der Waals surface area (Å²) in [4.78, 5) is 12.9. The summed E-state index contributed by atoms with van der Waals surface area (Å²) in [6, 6.07) is -0.245. The number of aliphatic carboxylic acids is 1. The normalized spacial score (nSPS) is 20.4. The lowest BCUT2D eigenvalue weighted by atomic mass is 10.1. The van der Waals surface area contributed by atoms with Gasteiger partial charge in [0.25, 0.3) is 0 Å². The fourth-order valence-corrected chi connectivity index (χ4v) is 1.82. The van der Waals surface area contributed by atoms with E-state index in [0.29, 0.717) is 0 Å². The fraction of sp³-hybridized carbons (Fsp3) is 0.889. The molecule has 1 fully saturated rings. The molecule has 1 saturated heterocycles. The van der Waals surface area contributed by atoms with Gasteiger partial charge < -0.3 is 5.11 Å². The highest BCUT2D eigenvalue weighted by atomic mass is 35.5. The molecule has 78 valence electrons. The number of likely N-dealkylation sites (tertiary alicyclic amines) is 1. The maximum Gasteiger partial charge on any atom is 0.320 e. The predicted molar refractivity (Wildman–Crippen MR) is 54.4 cm³/mol. The highest BCUT2D eigenvalue weighted by Gasteiger charge is 2.24. The third kappa shape index (κ3) is 3.53. The van der Waals surface area contributed by atoms with Crippen LogP contribution < -0.4 is 0 Å². The summed E-state index contributed by atoms with van der Waals surface area (Å²) >= 11 is 0. The lowest BCUT2D eigenvalue weighted by molar-refractivity contribution is -0.143. The molecule has 0 radical (unpaired) electrons. The first-order chi connectivity index (χ1) is 5.75. The molecule has 1 aliphatic heterocycles. The number of carboxylic acids is 1. The molecule has 3 nitrogen and oxygen atoms in total. The van der Waals surface area contributed by atoms with Crippen LogP contribution in [0, 0.1) is 0 Å². The molecule has 0 aromatic rings. The van der Waals surface area contributed by atoms with E-state index in [2.05, 4.69) is 4.90 Å². The summed E-state index contributed by atoms with van der Waals surface area (Å²) in [5.74, 6) is -0.667. The quantitative estimate of drug-likeness (QED) is 0.767. The van der Waals surface area contributed by atoms with Gasteiger partial charge in [-0.3, -0.25) is 9.69 Å². The largest absolute Gasteiger partial charge is 0.480 e. The maximum atomic E-state index is 10.8. The minimum Gasteiger partial charge on any atom is -0.480 e. The van der Waals surface area contributed by atoms with E-state index >= 15 is 0 Å². The number of halogens is 1. The van der Waals surface area contributed by atoms with E-state index in [1.807, 2.05) is 6.92 Å². The zero-order valence-electron chi connectivity index (χ0n) is 8.03. The Kier molecular flexibility index (Phi) is 6.08. The Hall–Kier alpha value is -0.280. The predicted octanol–water partition coefficient (Wildman–Crippen LogP) is 1.76. The number of hydrogen-bond acceptors (Lipinski definition) is 2. The standard InChI is InChI=1S/C9H17NO2.ClH/c1-2-8(9(11)12)10-6-4-3-5-7-10;/h8H,2-7H2,1H3,(H,11,12);1H. The average molecular weight is 208 g/mol. The topological polar surface area (TPSA) is 40.5 Å². The molecule has 0 aliphatic carbocycles. The van der Waals surface area contributed by atoms with Crippen LogP contribution >= 0.6 is 12.4 Å². The monoisotopic (exact) mass is 207 g/mol. The van der Waals surface area contributed by atoms with Gasteiger partial charge in [-0.2, -0.15) is 0 Å². The van der Waals surface area contributed by atoms with Crippen molar-refractivity contribution < 1.29 is 9.90 Å². The van der Waals surface area contributed by atoms with Gasteiger partial charge in [-0.05, 0) is 32.4 Å². The Morgan fingerprint density at radius 1 is 1.38 bits per heavy atom. The molecule has 1 atom stereocenters. The van der Waals surface area contributed by atoms with Crippen molar-refractivity contribution in [1.82, 2.24) is 4.90 Å². The van der Waals surface area contributed by atoms with E-state index in [1.54, 1.807) is 0 Å². The first kappa shape index (κ1) is 12.7. The number of carbonyl (C=O) groups is 1. The van der Waals surface area contributed by atoms with Crippen molar-refractivity contribution in [3.63, 3.8) is 0 Å². The number of hydrogen-bond donors (Lipinski definition) is 1. The van der Waals surface area contributed by atoms with Gasteiger partial charge in [-0.15, -0.1) is 12.4 Å². The van der Waals surface area contributed by atoms with Crippen LogP contribution in [-0.4, -0.2) is 35.1 Å². The van der Waals surface area contributed by atoms with Crippen molar-refractivity contribution in [3.8, 4) is 0 Å². The van der Waals surface area contributed by atoms with Crippen LogP contribution in [0.5, 0.6) is 0 Å². The summed E-state index contributed by atoms with van der Waals surface area (Å²) in [7, 11) is 0. The Bertz CT molecular complexity index is 158. The van der Waals surface area contributed by atoms with Gasteiger partial charge in [0.15, 0.2) is 0 Å². The number of piperidine rings is 1. The van der Waals surface area contributed by atoms with E-state index in [9.17, 15) is 4.79 Å². The molecule has 1 rings (SSSR count). The summed E-state index contributed by atoms with van der Waals surface area (Å²) in [5.41, 5.74) is 0. The van der Waals surface area contributed by atoms with Crippen LogP contribution in [0.25, 0.3) is 0 Å². The molecular weight excluding hydrogens is 190 g/mol. The molecule has 0 bridgehead atoms. The molecule has 1 N–H and O–H groups in total. The van der Waals surface area contributed by atoms with Crippen LogP contribution in [0.15, 0.2) is 0 Å². The van der Waals surface area contributed by atoms with Crippen molar-refractivity contribution >= 4 is 18.4 Å². The van der Waals surface area contributed by atoms with E-state index in [1.165, 1.54) is 6.42 Å². The van der Waals surface area contributed by atoms with Gasteiger partial charge in [-0.1, -0.05) is 13.3 Å². The second kappa shape index (κ2) is 6.22. The zero-order valence-corrected chi connectivity index (χ0v) is 8.85. The molecule has 13 heavy (non-hydrogen) atoms. The fourth-order valence-electron chi connectivity index (χ4n) is 1.82. The van der Waals surface area contributed by atoms with E-state index in [-0.39, 0.29) is 18.4 Å². The highest BCUT2D eigenvalue weighted by molar-refractivity contribution is 5.85. The van der Waals surface area contributed by atoms with Crippen molar-refractivity contribution in [2.75, 3.05) is 13.1 Å². The summed E-state index contributed by atoms with van der Waals surface area (Å²) in [5, 5.41) is 8.88. The van der Waals surface area contributed by atoms with Gasteiger partial charge in [0.2, 0.25) is 0 Å². The summed E-state index contributed by atoms with van der Waals surface area (Å²) in [6.07, 6.45) is 4.29. The van der Waals surface area contributed by atoms with E-state index in [0.717, 1.165) is 32.4 Å². The molecule has 1 aliphatic rings. The molecule has 4 heteroatoms. The van der Waals surface area contributed by atoms with Crippen molar-refractivity contribution in [2.45, 2.75) is 38.6 Å². The first-order valence-electron chi connectivity index (χ1n) is 4.72. The van der Waals surface area contributed by atoms with Crippen LogP contribution in [0.4, 0.5) is 0 Å². The number of rotatable bonds is 3. The van der Waals surface area contributed by atoms with Gasteiger partial charge in [0, 0.05) is 0 Å². The highest BCUT2D eigenvalue weighted by Crippen LogP contribution is 2.13. The third-order valence-corrected chi connectivity index (χ3v) is 2.50. The van der Waals surface area contributed by atoms with Gasteiger partial charge >= 0.3 is 5.97 Å². The smallest absolute Gasteiger partial charge is 0.320 e. The van der Waals surface area contributed by atoms with Crippen LogP contribution in [0.3, 0.4) is 0 Å². The third-order valence-electron chi connectivity index (χ3n) is 2.50. The van der Waals surface area contributed by atoms with Gasteiger partial charge in [0.1, 0.15) is 6.04 Å². The van der Waals surface area contributed by atoms with Crippen molar-refractivity contribution in [2.24, 2.45) is 0 Å². The number of nitrogens with zero attached hydrogens (tertiary/aromatic N) is 1. The molecule has 0 spiro atoms. The maximum absolute atomic E-state index is 10.8. The van der Waals surface area contributed by atoms with Crippen LogP contribution in [0.2, 0.25) is 0 Å². The summed E-state index contributed by atoms with van der Waals surface area (Å²) in [6.45, 7) is 3.86. The second-order valence-electron chi connectivity index (χ2n) is 3.36. The van der Waals surface area contributed by atoms with Gasteiger partial charge in [-0.25, -0.2) is 0 Å². The van der Waals surface area contributed by atoms with Gasteiger partial charge in [0.05, 0.1) is 0 Å². The molecule has 0 saturated carbocycles. The molecular formula is C9H18ClNO2. The first-order valence-corrected chi connectivity index (χ1v) is 4.72. The Balaban J connectivity index is 0.00000144. The SMILES string of the molecule is CCC(C(=O)O)N1CCCCC1.Cl. The van der Waals surface area contributed by atoms with Crippen LogP contribution in [0.1, 0.15) is 32.6 Å². The zero-order chi connectivity index (χ0) is 8.97. The molecule has 0 aromatic carbocycles. The minimum absolute atomic E-state index is 0.